The summed E-state index contributed by atoms with van der Waals surface area (Å²) in [5.74, 6) is 1.60. The van der Waals surface area contributed by atoms with E-state index in [4.69, 9.17) is 4.52 Å². The fourth-order valence-corrected chi connectivity index (χ4v) is 3.87. The van der Waals surface area contributed by atoms with Gasteiger partial charge in [-0.25, -0.2) is 0 Å². The first-order valence-corrected chi connectivity index (χ1v) is 10.4. The zero-order chi connectivity index (χ0) is 19.5. The summed E-state index contributed by atoms with van der Waals surface area (Å²) in [5, 5.41) is 4.15. The topological polar surface area (TPSA) is 46.3 Å². The number of amides is 1. The standard InChI is InChI=1S/C23H23BrN2O2/c1-26(23(27)21-15-20(21)16-9-11-18(24)12-10-16)13-5-8-19-14-22(25-28-19)17-6-3-2-4-7-17/h2-4,6-7,9-12,14,20-21H,5,8,13,15H2,1H3. The second kappa shape index (κ2) is 8.31. The number of halogens is 1. The molecule has 2 atom stereocenters. The molecule has 5 heteroatoms. The molecule has 0 aliphatic heterocycles. The molecule has 1 saturated carbocycles. The molecule has 1 amide bonds. The summed E-state index contributed by atoms with van der Waals surface area (Å²) in [5.41, 5.74) is 3.16. The Kier molecular flexibility index (Phi) is 5.62. The van der Waals surface area contributed by atoms with Gasteiger partial charge in [0.25, 0.3) is 0 Å². The van der Waals surface area contributed by atoms with Crippen LogP contribution in [-0.2, 0) is 11.2 Å². The molecule has 4 rings (SSSR count). The highest BCUT2D eigenvalue weighted by Gasteiger charge is 2.44. The van der Waals surface area contributed by atoms with Crippen molar-refractivity contribution in [2.75, 3.05) is 13.6 Å². The third-order valence-corrected chi connectivity index (χ3v) is 5.86. The van der Waals surface area contributed by atoms with Crippen LogP contribution in [0.25, 0.3) is 11.3 Å². The van der Waals surface area contributed by atoms with E-state index in [0.717, 1.165) is 47.3 Å². The highest BCUT2D eigenvalue weighted by atomic mass is 79.9. The van der Waals surface area contributed by atoms with Crippen LogP contribution in [-0.4, -0.2) is 29.6 Å². The van der Waals surface area contributed by atoms with Crippen LogP contribution in [0.3, 0.4) is 0 Å². The molecule has 3 aromatic rings. The average Bonchev–Trinajstić information content (AvgIpc) is 3.38. The van der Waals surface area contributed by atoms with Gasteiger partial charge in [-0.1, -0.05) is 63.6 Å². The van der Waals surface area contributed by atoms with Crippen LogP contribution < -0.4 is 0 Å². The van der Waals surface area contributed by atoms with Crippen molar-refractivity contribution in [1.82, 2.24) is 10.1 Å². The Morgan fingerprint density at radius 3 is 2.68 bits per heavy atom. The molecule has 2 unspecified atom stereocenters. The van der Waals surface area contributed by atoms with Crippen LogP contribution in [0.2, 0.25) is 0 Å². The van der Waals surface area contributed by atoms with E-state index >= 15 is 0 Å². The van der Waals surface area contributed by atoms with Gasteiger partial charge in [0.15, 0.2) is 0 Å². The first kappa shape index (κ1) is 18.9. The number of carbonyl (C=O) groups is 1. The van der Waals surface area contributed by atoms with Crippen LogP contribution in [0.1, 0.15) is 30.1 Å². The number of rotatable bonds is 7. The lowest BCUT2D eigenvalue weighted by Crippen LogP contribution is -2.29. The number of benzene rings is 2. The van der Waals surface area contributed by atoms with E-state index in [1.54, 1.807) is 0 Å². The van der Waals surface area contributed by atoms with Crippen molar-refractivity contribution < 1.29 is 9.32 Å². The number of nitrogens with zero attached hydrogens (tertiary/aromatic N) is 2. The van der Waals surface area contributed by atoms with Crippen LogP contribution in [0.4, 0.5) is 0 Å². The Hall–Kier alpha value is -2.40. The van der Waals surface area contributed by atoms with Crippen molar-refractivity contribution in [1.29, 1.82) is 0 Å². The summed E-state index contributed by atoms with van der Waals surface area (Å²) in [7, 11) is 1.90. The largest absolute Gasteiger partial charge is 0.361 e. The van der Waals surface area contributed by atoms with Crippen LogP contribution in [0.15, 0.2) is 69.7 Å². The van der Waals surface area contributed by atoms with E-state index in [2.05, 4.69) is 33.2 Å². The Morgan fingerprint density at radius 2 is 1.93 bits per heavy atom. The molecule has 1 aliphatic rings. The molecular formula is C23H23BrN2O2. The van der Waals surface area contributed by atoms with Crippen LogP contribution in [0.5, 0.6) is 0 Å². The van der Waals surface area contributed by atoms with E-state index in [1.165, 1.54) is 5.56 Å². The summed E-state index contributed by atoms with van der Waals surface area (Å²) in [6.07, 6.45) is 2.59. The van der Waals surface area contributed by atoms with Gasteiger partial charge in [0.2, 0.25) is 5.91 Å². The van der Waals surface area contributed by atoms with Gasteiger partial charge < -0.3 is 9.42 Å². The van der Waals surface area contributed by atoms with Gasteiger partial charge in [0.1, 0.15) is 11.5 Å². The SMILES string of the molecule is CN(CCCc1cc(-c2ccccc2)no1)C(=O)C1CC1c1ccc(Br)cc1. The lowest BCUT2D eigenvalue weighted by atomic mass is 10.1. The number of hydrogen-bond donors (Lipinski definition) is 0. The Labute approximate surface area is 173 Å². The molecule has 1 aliphatic carbocycles. The molecular weight excluding hydrogens is 416 g/mol. The molecule has 0 saturated heterocycles. The predicted molar refractivity (Wildman–Crippen MR) is 113 cm³/mol. The van der Waals surface area contributed by atoms with Gasteiger partial charge in [-0.05, 0) is 36.5 Å². The summed E-state index contributed by atoms with van der Waals surface area (Å²) in [6, 6.07) is 20.3. The third-order valence-electron chi connectivity index (χ3n) is 5.33. The van der Waals surface area contributed by atoms with Crippen molar-refractivity contribution in [2.24, 2.45) is 5.92 Å². The highest BCUT2D eigenvalue weighted by Crippen LogP contribution is 2.48. The smallest absolute Gasteiger partial charge is 0.226 e. The predicted octanol–water partition coefficient (Wildman–Crippen LogP) is 5.30. The second-order valence-corrected chi connectivity index (χ2v) is 8.32. The molecule has 0 N–H and O–H groups in total. The maximum atomic E-state index is 12.7. The Bertz CT molecular complexity index is 937. The van der Waals surface area contributed by atoms with Gasteiger partial charge >= 0.3 is 0 Å². The first-order chi connectivity index (χ1) is 13.6. The van der Waals surface area contributed by atoms with Crippen LogP contribution >= 0.6 is 15.9 Å². The zero-order valence-electron chi connectivity index (χ0n) is 15.8. The Morgan fingerprint density at radius 1 is 1.18 bits per heavy atom. The molecule has 2 aromatic carbocycles. The van der Waals surface area contributed by atoms with Gasteiger partial charge in [-0.2, -0.15) is 0 Å². The maximum Gasteiger partial charge on any atom is 0.226 e. The normalized spacial score (nSPS) is 18.1. The zero-order valence-corrected chi connectivity index (χ0v) is 17.4. The average molecular weight is 439 g/mol. The number of aryl methyl sites for hydroxylation is 1. The van der Waals surface area contributed by atoms with E-state index in [-0.39, 0.29) is 11.8 Å². The van der Waals surface area contributed by atoms with E-state index in [9.17, 15) is 4.79 Å². The fraction of sp³-hybridized carbons (Fsp3) is 0.304. The van der Waals surface area contributed by atoms with Crippen LogP contribution in [0, 0.1) is 5.92 Å². The van der Waals surface area contributed by atoms with Crippen molar-refractivity contribution in [3.05, 3.63) is 76.5 Å². The summed E-state index contributed by atoms with van der Waals surface area (Å²) in [6.45, 7) is 0.726. The molecule has 4 nitrogen and oxygen atoms in total. The van der Waals surface area contributed by atoms with Gasteiger partial charge in [-0.15, -0.1) is 0 Å². The van der Waals surface area contributed by atoms with Gasteiger partial charge in [0.05, 0.1) is 0 Å². The Balaban J connectivity index is 1.25. The monoisotopic (exact) mass is 438 g/mol. The maximum absolute atomic E-state index is 12.7. The highest BCUT2D eigenvalue weighted by molar-refractivity contribution is 9.10. The molecule has 1 aromatic heterocycles. The van der Waals surface area contributed by atoms with Gasteiger partial charge in [-0.3, -0.25) is 4.79 Å². The van der Waals surface area contributed by atoms with Crippen molar-refractivity contribution in [2.45, 2.75) is 25.2 Å². The molecule has 0 radical (unpaired) electrons. The summed E-state index contributed by atoms with van der Waals surface area (Å²) in [4.78, 5) is 14.5. The second-order valence-electron chi connectivity index (χ2n) is 7.41. The first-order valence-electron chi connectivity index (χ1n) is 9.63. The molecule has 28 heavy (non-hydrogen) atoms. The van der Waals surface area contributed by atoms with Crippen molar-refractivity contribution in [3.63, 3.8) is 0 Å². The minimum atomic E-state index is 0.126. The molecule has 0 spiro atoms. The summed E-state index contributed by atoms with van der Waals surface area (Å²) >= 11 is 3.46. The molecule has 0 bridgehead atoms. The molecule has 1 heterocycles. The van der Waals surface area contributed by atoms with Gasteiger partial charge in [0, 0.05) is 42.0 Å². The van der Waals surface area contributed by atoms with Crippen molar-refractivity contribution in [3.8, 4) is 11.3 Å². The van der Waals surface area contributed by atoms with E-state index < -0.39 is 0 Å². The van der Waals surface area contributed by atoms with Crippen molar-refractivity contribution >= 4 is 21.8 Å². The number of aromatic nitrogens is 1. The molecule has 1 fully saturated rings. The molecule has 144 valence electrons. The minimum Gasteiger partial charge on any atom is -0.361 e. The summed E-state index contributed by atoms with van der Waals surface area (Å²) < 4.78 is 6.52. The fourth-order valence-electron chi connectivity index (χ4n) is 3.61. The third kappa shape index (κ3) is 4.36. The lowest BCUT2D eigenvalue weighted by Gasteiger charge is -2.16. The number of carbonyl (C=O) groups excluding carboxylic acids is 1. The van der Waals surface area contributed by atoms with E-state index in [1.807, 2.05) is 60.5 Å². The quantitative estimate of drug-likeness (QED) is 0.502. The minimum absolute atomic E-state index is 0.126. The lowest BCUT2D eigenvalue weighted by molar-refractivity contribution is -0.131. The number of hydrogen-bond acceptors (Lipinski definition) is 3. The van der Waals surface area contributed by atoms with E-state index in [0.29, 0.717) is 5.92 Å².